The van der Waals surface area contributed by atoms with E-state index in [0.29, 0.717) is 37.3 Å². The number of carbonyl (C=O) groups excluding carboxylic acids is 3. The van der Waals surface area contributed by atoms with Gasteiger partial charge in [-0.05, 0) is 46.5 Å². The Morgan fingerprint density at radius 2 is 1.82 bits per heavy atom. The standard InChI is InChI=1S/C24H33N5O5/c1-24(2,3)34-23(33)28-10-8-15(9-11-28)18-12-20(31)27-21-17(13-26-29(18)21)22(32)25-14-19(30)16-6-4-5-7-16/h12-13,15-16H,4-11,14H2,1-3H3,(H,25,32)(H,27,31). The van der Waals surface area contributed by atoms with Gasteiger partial charge in [-0.25, -0.2) is 9.31 Å². The highest BCUT2D eigenvalue weighted by Crippen LogP contribution is 2.29. The summed E-state index contributed by atoms with van der Waals surface area (Å²) in [6, 6.07) is 1.50. The van der Waals surface area contributed by atoms with E-state index in [1.165, 1.54) is 12.3 Å². The molecule has 0 bridgehead atoms. The fourth-order valence-electron chi connectivity index (χ4n) is 4.81. The second-order valence-corrected chi connectivity index (χ2v) is 10.2. The Balaban J connectivity index is 1.46. The number of aromatic nitrogens is 3. The normalized spacial score (nSPS) is 17.8. The predicted octanol–water partition coefficient (Wildman–Crippen LogP) is 2.63. The van der Waals surface area contributed by atoms with E-state index in [0.717, 1.165) is 25.7 Å². The lowest BCUT2D eigenvalue weighted by Crippen LogP contribution is -2.41. The first-order valence-electron chi connectivity index (χ1n) is 12.0. The number of amides is 2. The van der Waals surface area contributed by atoms with Crippen molar-refractivity contribution in [2.75, 3.05) is 19.6 Å². The lowest BCUT2D eigenvalue weighted by Gasteiger charge is -2.33. The van der Waals surface area contributed by atoms with Crippen LogP contribution in [0.4, 0.5) is 4.79 Å². The average molecular weight is 472 g/mol. The summed E-state index contributed by atoms with van der Waals surface area (Å²) in [7, 11) is 0. The number of ether oxygens (including phenoxy) is 1. The van der Waals surface area contributed by atoms with Crippen molar-refractivity contribution in [2.24, 2.45) is 5.92 Å². The molecule has 2 fully saturated rings. The molecular formula is C24H33N5O5. The molecule has 184 valence electrons. The summed E-state index contributed by atoms with van der Waals surface area (Å²) < 4.78 is 7.04. The number of ketones is 1. The monoisotopic (exact) mass is 471 g/mol. The Hall–Kier alpha value is -3.17. The smallest absolute Gasteiger partial charge is 0.410 e. The molecular weight excluding hydrogens is 438 g/mol. The Morgan fingerprint density at radius 1 is 1.15 bits per heavy atom. The number of rotatable bonds is 5. The molecule has 0 atom stereocenters. The van der Waals surface area contributed by atoms with E-state index in [1.54, 1.807) is 9.42 Å². The van der Waals surface area contributed by atoms with E-state index >= 15 is 0 Å². The summed E-state index contributed by atoms with van der Waals surface area (Å²) in [6.07, 6.45) is 6.25. The number of aromatic amines is 1. The molecule has 2 N–H and O–H groups in total. The molecule has 1 aliphatic heterocycles. The van der Waals surface area contributed by atoms with Crippen LogP contribution in [0.2, 0.25) is 0 Å². The van der Waals surface area contributed by atoms with Crippen LogP contribution in [-0.2, 0) is 9.53 Å². The van der Waals surface area contributed by atoms with Crippen LogP contribution < -0.4 is 10.9 Å². The highest BCUT2D eigenvalue weighted by Gasteiger charge is 2.30. The zero-order chi connectivity index (χ0) is 24.5. The fraction of sp³-hybridized carbons (Fsp3) is 0.625. The zero-order valence-electron chi connectivity index (χ0n) is 20.1. The van der Waals surface area contributed by atoms with Gasteiger partial charge in [0, 0.05) is 31.0 Å². The topological polar surface area (TPSA) is 126 Å². The molecule has 0 aromatic carbocycles. The fourth-order valence-corrected chi connectivity index (χ4v) is 4.81. The number of Topliss-reactive ketones (excluding diaryl/α,β-unsaturated/α-hetero) is 1. The number of hydrogen-bond donors (Lipinski definition) is 2. The highest BCUT2D eigenvalue weighted by atomic mass is 16.6. The first kappa shape index (κ1) is 24.0. The van der Waals surface area contributed by atoms with Crippen molar-refractivity contribution in [1.82, 2.24) is 24.8 Å². The van der Waals surface area contributed by atoms with Crippen molar-refractivity contribution in [2.45, 2.75) is 70.8 Å². The van der Waals surface area contributed by atoms with E-state index in [9.17, 15) is 19.2 Å². The quantitative estimate of drug-likeness (QED) is 0.690. The molecule has 1 aliphatic carbocycles. The van der Waals surface area contributed by atoms with Gasteiger partial charge in [0.05, 0.1) is 18.4 Å². The summed E-state index contributed by atoms with van der Waals surface area (Å²) in [4.78, 5) is 54.3. The number of fused-ring (bicyclic) bond motifs is 1. The molecule has 1 saturated carbocycles. The van der Waals surface area contributed by atoms with Crippen molar-refractivity contribution in [3.8, 4) is 0 Å². The Bertz CT molecular complexity index is 1130. The molecule has 4 rings (SSSR count). The molecule has 3 heterocycles. The van der Waals surface area contributed by atoms with Gasteiger partial charge >= 0.3 is 6.09 Å². The minimum absolute atomic E-state index is 0.00300. The van der Waals surface area contributed by atoms with Gasteiger partial charge in [-0.3, -0.25) is 14.4 Å². The lowest BCUT2D eigenvalue weighted by atomic mass is 9.93. The molecule has 0 unspecified atom stereocenters. The first-order valence-corrected chi connectivity index (χ1v) is 12.0. The molecule has 34 heavy (non-hydrogen) atoms. The van der Waals surface area contributed by atoms with Crippen LogP contribution in [0.15, 0.2) is 17.1 Å². The van der Waals surface area contributed by atoms with Crippen molar-refractivity contribution in [1.29, 1.82) is 0 Å². The second kappa shape index (κ2) is 9.60. The van der Waals surface area contributed by atoms with Gasteiger partial charge < -0.3 is 19.9 Å². The highest BCUT2D eigenvalue weighted by molar-refractivity contribution is 6.01. The molecule has 10 heteroatoms. The van der Waals surface area contributed by atoms with Crippen LogP contribution in [0.3, 0.4) is 0 Å². The third-order valence-corrected chi connectivity index (χ3v) is 6.58. The third-order valence-electron chi connectivity index (χ3n) is 6.58. The maximum Gasteiger partial charge on any atom is 0.410 e. The van der Waals surface area contributed by atoms with Crippen molar-refractivity contribution >= 4 is 23.4 Å². The van der Waals surface area contributed by atoms with Crippen LogP contribution in [-0.4, -0.2) is 62.5 Å². The molecule has 2 amide bonds. The van der Waals surface area contributed by atoms with Crippen LogP contribution in [0, 0.1) is 5.92 Å². The summed E-state index contributed by atoms with van der Waals surface area (Å²) in [6.45, 7) is 6.49. The average Bonchev–Trinajstić information content (AvgIpc) is 3.46. The van der Waals surface area contributed by atoms with Gasteiger partial charge in [0.25, 0.3) is 11.5 Å². The van der Waals surface area contributed by atoms with Crippen molar-refractivity contribution < 1.29 is 19.1 Å². The third kappa shape index (κ3) is 5.31. The number of H-pyrrole nitrogens is 1. The van der Waals surface area contributed by atoms with Gasteiger partial charge in [0.2, 0.25) is 0 Å². The van der Waals surface area contributed by atoms with Gasteiger partial charge in [-0.15, -0.1) is 0 Å². The summed E-state index contributed by atoms with van der Waals surface area (Å²) in [5.74, 6) is -0.354. The second-order valence-electron chi connectivity index (χ2n) is 10.2. The van der Waals surface area contributed by atoms with Gasteiger partial charge in [0.15, 0.2) is 5.78 Å². The molecule has 0 radical (unpaired) electrons. The van der Waals surface area contributed by atoms with Crippen LogP contribution >= 0.6 is 0 Å². The van der Waals surface area contributed by atoms with E-state index in [4.69, 9.17) is 4.74 Å². The number of hydrogen-bond acceptors (Lipinski definition) is 6. The summed E-state index contributed by atoms with van der Waals surface area (Å²) in [5.41, 5.74) is 0.352. The summed E-state index contributed by atoms with van der Waals surface area (Å²) >= 11 is 0. The van der Waals surface area contributed by atoms with Crippen molar-refractivity contribution in [3.05, 3.63) is 33.9 Å². The van der Waals surface area contributed by atoms with E-state index < -0.39 is 11.5 Å². The number of piperidine rings is 1. The summed E-state index contributed by atoms with van der Waals surface area (Å²) in [5, 5.41) is 7.05. The number of likely N-dealkylation sites (tertiary alicyclic amines) is 1. The predicted molar refractivity (Wildman–Crippen MR) is 125 cm³/mol. The minimum Gasteiger partial charge on any atom is -0.444 e. The van der Waals surface area contributed by atoms with Gasteiger partial charge in [0.1, 0.15) is 16.8 Å². The Kier molecular flexibility index (Phi) is 6.77. The van der Waals surface area contributed by atoms with E-state index in [2.05, 4.69) is 15.4 Å². The van der Waals surface area contributed by atoms with E-state index in [1.807, 2.05) is 20.8 Å². The van der Waals surface area contributed by atoms with Crippen LogP contribution in [0.25, 0.3) is 5.65 Å². The lowest BCUT2D eigenvalue weighted by molar-refractivity contribution is -0.121. The van der Waals surface area contributed by atoms with Crippen LogP contribution in [0.1, 0.15) is 81.3 Å². The molecule has 2 aliphatic rings. The van der Waals surface area contributed by atoms with Crippen LogP contribution in [0.5, 0.6) is 0 Å². The van der Waals surface area contributed by atoms with Gasteiger partial charge in [-0.2, -0.15) is 5.10 Å². The van der Waals surface area contributed by atoms with Gasteiger partial charge in [-0.1, -0.05) is 12.8 Å². The largest absolute Gasteiger partial charge is 0.444 e. The number of carbonyl (C=O) groups is 3. The number of nitrogens with zero attached hydrogens (tertiary/aromatic N) is 3. The molecule has 2 aromatic heterocycles. The molecule has 0 spiro atoms. The maximum atomic E-state index is 12.8. The molecule has 1 saturated heterocycles. The SMILES string of the molecule is CC(C)(C)OC(=O)N1CCC(c2cc(=O)[nH]c3c(C(=O)NCC(=O)C4CCCC4)cnn23)CC1. The van der Waals surface area contributed by atoms with E-state index in [-0.39, 0.29) is 41.4 Å². The molecule has 10 nitrogen and oxygen atoms in total. The van der Waals surface area contributed by atoms with Crippen molar-refractivity contribution in [3.63, 3.8) is 0 Å². The Labute approximate surface area is 198 Å². The first-order chi connectivity index (χ1) is 16.1. The number of nitrogens with one attached hydrogen (secondary N) is 2. The molecule has 2 aromatic rings. The maximum absolute atomic E-state index is 12.8. The minimum atomic E-state index is -0.555. The Morgan fingerprint density at radius 3 is 2.47 bits per heavy atom. The zero-order valence-corrected chi connectivity index (χ0v) is 20.1.